The molecule has 2 saturated carbocycles. The zero-order valence-electron chi connectivity index (χ0n) is 11.8. The highest BCUT2D eigenvalue weighted by molar-refractivity contribution is 5.98. The Hall–Kier alpha value is -1.52. The van der Waals surface area contributed by atoms with Crippen LogP contribution in [0.4, 0.5) is 5.69 Å². The summed E-state index contributed by atoms with van der Waals surface area (Å²) in [5.74, 6) is 1.25. The minimum Gasteiger partial charge on any atom is -0.395 e. The Morgan fingerprint density at radius 2 is 2.00 bits per heavy atom. The lowest BCUT2D eigenvalue weighted by Gasteiger charge is -2.31. The van der Waals surface area contributed by atoms with Gasteiger partial charge in [-0.15, -0.1) is 0 Å². The van der Waals surface area contributed by atoms with E-state index >= 15 is 0 Å². The predicted octanol–water partition coefficient (Wildman–Crippen LogP) is 2.27. The van der Waals surface area contributed by atoms with Crippen molar-refractivity contribution < 1.29 is 4.79 Å². The van der Waals surface area contributed by atoms with E-state index in [1.54, 1.807) is 0 Å². The standard InChI is InChI=1S/C15H22N4O/c16-12-13(10-5-6-10)17-18-14(12)15(20)19-8-7-9-3-1-2-4-11(9)19/h9-11H,1-8,16H2,(H,17,18). The average molecular weight is 274 g/mol. The van der Waals surface area contributed by atoms with Gasteiger partial charge in [-0.3, -0.25) is 9.89 Å². The molecule has 2 unspecified atom stereocenters. The second-order valence-electron chi connectivity index (χ2n) is 6.57. The van der Waals surface area contributed by atoms with Crippen LogP contribution in [0.15, 0.2) is 0 Å². The number of nitrogens with two attached hydrogens (primary N) is 1. The lowest BCUT2D eigenvalue weighted by atomic mass is 9.85. The van der Waals surface area contributed by atoms with Gasteiger partial charge in [-0.25, -0.2) is 0 Å². The molecule has 1 aromatic heterocycles. The molecule has 0 radical (unpaired) electrons. The van der Waals surface area contributed by atoms with Crippen molar-refractivity contribution in [2.75, 3.05) is 12.3 Å². The number of anilines is 1. The summed E-state index contributed by atoms with van der Waals surface area (Å²) in [6, 6.07) is 0.428. The van der Waals surface area contributed by atoms with E-state index in [-0.39, 0.29) is 5.91 Å². The third-order valence-corrected chi connectivity index (χ3v) is 5.29. The van der Waals surface area contributed by atoms with Gasteiger partial charge < -0.3 is 10.6 Å². The lowest BCUT2D eigenvalue weighted by molar-refractivity contribution is 0.0685. The van der Waals surface area contributed by atoms with Crippen molar-refractivity contribution in [3.63, 3.8) is 0 Å². The van der Waals surface area contributed by atoms with Crippen molar-refractivity contribution in [2.45, 2.75) is 56.9 Å². The number of nitrogens with one attached hydrogen (secondary N) is 1. The van der Waals surface area contributed by atoms with Gasteiger partial charge in [0.2, 0.25) is 0 Å². The molecule has 2 aliphatic carbocycles. The predicted molar refractivity (Wildman–Crippen MR) is 76.4 cm³/mol. The summed E-state index contributed by atoms with van der Waals surface area (Å²) >= 11 is 0. The molecule has 1 saturated heterocycles. The zero-order valence-corrected chi connectivity index (χ0v) is 11.8. The molecule has 1 amide bonds. The van der Waals surface area contributed by atoms with Gasteiger partial charge in [0.05, 0.1) is 11.4 Å². The highest BCUT2D eigenvalue weighted by Gasteiger charge is 2.40. The van der Waals surface area contributed by atoms with E-state index in [0.29, 0.717) is 29.3 Å². The van der Waals surface area contributed by atoms with Gasteiger partial charge >= 0.3 is 0 Å². The average Bonchev–Trinajstić information content (AvgIpc) is 3.10. The van der Waals surface area contributed by atoms with Crippen molar-refractivity contribution >= 4 is 11.6 Å². The summed E-state index contributed by atoms with van der Waals surface area (Å²) in [6.07, 6.45) is 8.46. The highest BCUT2D eigenvalue weighted by Crippen LogP contribution is 2.43. The molecule has 5 nitrogen and oxygen atoms in total. The van der Waals surface area contributed by atoms with Crippen LogP contribution < -0.4 is 5.73 Å². The monoisotopic (exact) mass is 274 g/mol. The molecular weight excluding hydrogens is 252 g/mol. The Kier molecular flexibility index (Phi) is 2.75. The fraction of sp³-hybridized carbons (Fsp3) is 0.733. The summed E-state index contributed by atoms with van der Waals surface area (Å²) in [5, 5.41) is 7.21. The molecule has 2 heterocycles. The molecule has 0 bridgehead atoms. The smallest absolute Gasteiger partial charge is 0.276 e. The van der Waals surface area contributed by atoms with Crippen LogP contribution in [-0.2, 0) is 0 Å². The van der Waals surface area contributed by atoms with Crippen LogP contribution in [0.3, 0.4) is 0 Å². The topological polar surface area (TPSA) is 75.0 Å². The Morgan fingerprint density at radius 3 is 2.80 bits per heavy atom. The molecule has 3 N–H and O–H groups in total. The summed E-state index contributed by atoms with van der Waals surface area (Å²) < 4.78 is 0. The molecule has 3 fully saturated rings. The van der Waals surface area contributed by atoms with Crippen LogP contribution in [0.5, 0.6) is 0 Å². The van der Waals surface area contributed by atoms with Gasteiger partial charge in [-0.2, -0.15) is 5.10 Å². The first kappa shape index (κ1) is 12.2. The summed E-state index contributed by atoms with van der Waals surface area (Å²) in [4.78, 5) is 14.8. The van der Waals surface area contributed by atoms with Crippen LogP contribution in [-0.4, -0.2) is 33.6 Å². The van der Waals surface area contributed by atoms with Gasteiger partial charge in [0.15, 0.2) is 5.69 Å². The van der Waals surface area contributed by atoms with E-state index in [1.165, 1.54) is 19.3 Å². The number of aromatic nitrogens is 2. The van der Waals surface area contributed by atoms with E-state index in [0.717, 1.165) is 37.9 Å². The number of H-pyrrole nitrogens is 1. The van der Waals surface area contributed by atoms with E-state index in [9.17, 15) is 4.79 Å². The number of likely N-dealkylation sites (tertiary alicyclic amines) is 1. The number of rotatable bonds is 2. The molecule has 3 aliphatic rings. The third-order valence-electron chi connectivity index (χ3n) is 5.29. The van der Waals surface area contributed by atoms with Crippen LogP contribution in [0.25, 0.3) is 0 Å². The SMILES string of the molecule is Nc1c(C(=O)N2CCC3CCCCC32)n[nH]c1C1CC1. The minimum absolute atomic E-state index is 0.0417. The number of hydrogen-bond acceptors (Lipinski definition) is 3. The van der Waals surface area contributed by atoms with E-state index < -0.39 is 0 Å². The van der Waals surface area contributed by atoms with E-state index in [2.05, 4.69) is 10.2 Å². The summed E-state index contributed by atoms with van der Waals surface area (Å²) in [6.45, 7) is 0.874. The van der Waals surface area contributed by atoms with Crippen molar-refractivity contribution in [1.82, 2.24) is 15.1 Å². The van der Waals surface area contributed by atoms with Crippen molar-refractivity contribution in [3.8, 4) is 0 Å². The number of aromatic amines is 1. The fourth-order valence-corrected chi connectivity index (χ4v) is 4.00. The highest BCUT2D eigenvalue weighted by atomic mass is 16.2. The van der Waals surface area contributed by atoms with Gasteiger partial charge in [-0.05, 0) is 38.0 Å². The largest absolute Gasteiger partial charge is 0.395 e. The van der Waals surface area contributed by atoms with Crippen LogP contribution in [0.1, 0.15) is 67.0 Å². The van der Waals surface area contributed by atoms with E-state index in [4.69, 9.17) is 5.73 Å². The minimum atomic E-state index is 0.0417. The number of fused-ring (bicyclic) bond motifs is 1. The maximum absolute atomic E-state index is 12.7. The van der Waals surface area contributed by atoms with Crippen LogP contribution in [0.2, 0.25) is 0 Å². The number of amides is 1. The van der Waals surface area contributed by atoms with Gasteiger partial charge in [0.25, 0.3) is 5.91 Å². The molecule has 2 atom stereocenters. The fourth-order valence-electron chi connectivity index (χ4n) is 4.00. The number of nitrogen functional groups attached to an aromatic ring is 1. The Labute approximate surface area is 118 Å². The quantitative estimate of drug-likeness (QED) is 0.868. The molecule has 20 heavy (non-hydrogen) atoms. The summed E-state index contributed by atoms with van der Waals surface area (Å²) in [7, 11) is 0. The molecule has 4 rings (SSSR count). The molecular formula is C15H22N4O. The van der Waals surface area contributed by atoms with E-state index in [1.807, 2.05) is 4.90 Å². The molecule has 0 aromatic carbocycles. The van der Waals surface area contributed by atoms with Gasteiger partial charge in [0, 0.05) is 18.5 Å². The molecule has 108 valence electrons. The Balaban J connectivity index is 1.57. The number of carbonyl (C=O) groups excluding carboxylic acids is 1. The maximum Gasteiger partial charge on any atom is 0.276 e. The van der Waals surface area contributed by atoms with Gasteiger partial charge in [0.1, 0.15) is 0 Å². The van der Waals surface area contributed by atoms with Crippen molar-refractivity contribution in [3.05, 3.63) is 11.4 Å². The van der Waals surface area contributed by atoms with Crippen LogP contribution in [0, 0.1) is 5.92 Å². The molecule has 0 spiro atoms. The number of carbonyl (C=O) groups is 1. The Bertz CT molecular complexity index is 534. The second kappa shape index (κ2) is 4.50. The first-order valence-corrected chi connectivity index (χ1v) is 7.90. The van der Waals surface area contributed by atoms with Crippen LogP contribution >= 0.6 is 0 Å². The van der Waals surface area contributed by atoms with Crippen molar-refractivity contribution in [1.29, 1.82) is 0 Å². The molecule has 5 heteroatoms. The summed E-state index contributed by atoms with van der Waals surface area (Å²) in [5.41, 5.74) is 8.17. The van der Waals surface area contributed by atoms with Crippen molar-refractivity contribution in [2.24, 2.45) is 5.92 Å². The molecule has 1 aromatic rings. The lowest BCUT2D eigenvalue weighted by Crippen LogP contribution is -2.39. The normalized spacial score (nSPS) is 29.5. The first-order valence-electron chi connectivity index (χ1n) is 7.90. The first-order chi connectivity index (χ1) is 9.75. The number of nitrogens with zero attached hydrogens (tertiary/aromatic N) is 2. The van der Waals surface area contributed by atoms with Gasteiger partial charge in [-0.1, -0.05) is 12.8 Å². The third kappa shape index (κ3) is 1.83. The second-order valence-corrected chi connectivity index (χ2v) is 6.57. The number of hydrogen-bond donors (Lipinski definition) is 2. The zero-order chi connectivity index (χ0) is 13.7. The molecule has 1 aliphatic heterocycles. The Morgan fingerprint density at radius 1 is 1.20 bits per heavy atom. The maximum atomic E-state index is 12.7.